The van der Waals surface area contributed by atoms with E-state index < -0.39 is 17.1 Å². The molecule has 30 heavy (non-hydrogen) atoms. The lowest BCUT2D eigenvalue weighted by atomic mass is 10.1. The number of fused-ring (bicyclic) bond motifs is 1. The zero-order chi connectivity index (χ0) is 21.8. The average molecular weight is 417 g/mol. The van der Waals surface area contributed by atoms with Crippen LogP contribution in [0.3, 0.4) is 0 Å². The highest BCUT2D eigenvalue weighted by Crippen LogP contribution is 2.25. The van der Waals surface area contributed by atoms with Crippen molar-refractivity contribution in [1.82, 2.24) is 18.7 Å². The molecule has 3 rings (SSSR count). The molecular formula is C20H24FN5O4. The molecular weight excluding hydrogens is 393 g/mol. The molecule has 0 aliphatic rings. The first-order valence-corrected chi connectivity index (χ1v) is 9.76. The summed E-state index contributed by atoms with van der Waals surface area (Å²) in [6, 6.07) is 5.71. The molecule has 2 heterocycles. The van der Waals surface area contributed by atoms with Gasteiger partial charge in [-0.15, -0.1) is 0 Å². The molecule has 0 unspecified atom stereocenters. The van der Waals surface area contributed by atoms with Crippen LogP contribution in [0.5, 0.6) is 11.8 Å². The standard InChI is InChI=1S/C20H24FN5O4/c1-13(2)8-11-25-16-17(23-19(25)30-15-7-4-6-14(21)12-15)24(3)20(28)26(18(16)27)10-5-9-22-29/h4,6-7,12-13H,5,8-11H2,1-3H3. The van der Waals surface area contributed by atoms with Crippen LogP contribution in [0.15, 0.2) is 39.0 Å². The van der Waals surface area contributed by atoms with E-state index in [2.05, 4.69) is 10.2 Å². The minimum atomic E-state index is -0.538. The van der Waals surface area contributed by atoms with Crippen LogP contribution >= 0.6 is 0 Å². The number of imidazole rings is 1. The van der Waals surface area contributed by atoms with Crippen molar-refractivity contribution in [2.24, 2.45) is 18.1 Å². The Bertz CT molecular complexity index is 1180. The molecule has 160 valence electrons. The van der Waals surface area contributed by atoms with Crippen LogP contribution in [-0.4, -0.2) is 25.2 Å². The van der Waals surface area contributed by atoms with Crippen molar-refractivity contribution in [3.8, 4) is 11.8 Å². The van der Waals surface area contributed by atoms with Gasteiger partial charge < -0.3 is 4.74 Å². The summed E-state index contributed by atoms with van der Waals surface area (Å²) in [6.07, 6.45) is 1.01. The quantitative estimate of drug-likeness (QED) is 0.393. The zero-order valence-electron chi connectivity index (χ0n) is 17.2. The molecule has 0 aliphatic heterocycles. The van der Waals surface area contributed by atoms with Crippen molar-refractivity contribution in [1.29, 1.82) is 0 Å². The molecule has 0 amide bonds. The normalized spacial score (nSPS) is 11.4. The second-order valence-corrected chi connectivity index (χ2v) is 7.46. The Morgan fingerprint density at radius 3 is 2.63 bits per heavy atom. The lowest BCUT2D eigenvalue weighted by Crippen LogP contribution is -2.39. The molecule has 0 N–H and O–H groups in total. The monoisotopic (exact) mass is 417 g/mol. The maximum atomic E-state index is 13.6. The van der Waals surface area contributed by atoms with Crippen molar-refractivity contribution in [2.45, 2.75) is 39.8 Å². The summed E-state index contributed by atoms with van der Waals surface area (Å²) < 4.78 is 23.3. The van der Waals surface area contributed by atoms with Gasteiger partial charge >= 0.3 is 11.7 Å². The lowest BCUT2D eigenvalue weighted by molar-refractivity contribution is 0.398. The van der Waals surface area contributed by atoms with Crippen molar-refractivity contribution < 1.29 is 9.13 Å². The van der Waals surface area contributed by atoms with Gasteiger partial charge in [0.05, 0.1) is 6.54 Å². The third kappa shape index (κ3) is 4.32. The van der Waals surface area contributed by atoms with E-state index in [1.165, 1.54) is 29.8 Å². The highest BCUT2D eigenvalue weighted by atomic mass is 19.1. The molecule has 3 aromatic rings. The molecule has 9 nitrogen and oxygen atoms in total. The highest BCUT2D eigenvalue weighted by molar-refractivity contribution is 5.72. The van der Waals surface area contributed by atoms with Gasteiger partial charge in [-0.05, 0) is 30.9 Å². The smallest absolute Gasteiger partial charge is 0.332 e. The van der Waals surface area contributed by atoms with Gasteiger partial charge in [-0.2, -0.15) is 9.89 Å². The van der Waals surface area contributed by atoms with Gasteiger partial charge in [-0.1, -0.05) is 25.1 Å². The minimum Gasteiger partial charge on any atom is -0.425 e. The summed E-state index contributed by atoms with van der Waals surface area (Å²) in [4.78, 5) is 40.6. The molecule has 0 radical (unpaired) electrons. The molecule has 0 fully saturated rings. The van der Waals surface area contributed by atoms with Crippen LogP contribution in [0.2, 0.25) is 0 Å². The predicted molar refractivity (Wildman–Crippen MR) is 110 cm³/mol. The molecule has 0 spiro atoms. The SMILES string of the molecule is CC(C)CCn1c(Oc2cccc(F)c2)nc2c1c(=O)n(CCCN=O)c(=O)n2C. The van der Waals surface area contributed by atoms with Gasteiger partial charge in [0.15, 0.2) is 11.2 Å². The summed E-state index contributed by atoms with van der Waals surface area (Å²) in [5.41, 5.74) is -0.637. The van der Waals surface area contributed by atoms with Crippen molar-refractivity contribution in [3.63, 3.8) is 0 Å². The fourth-order valence-corrected chi connectivity index (χ4v) is 3.15. The average Bonchev–Trinajstić information content (AvgIpc) is 3.05. The number of benzene rings is 1. The third-order valence-corrected chi connectivity index (χ3v) is 4.76. The number of nitroso groups, excluding NO2 is 1. The van der Waals surface area contributed by atoms with E-state index in [0.717, 1.165) is 11.0 Å². The fraction of sp³-hybridized carbons (Fsp3) is 0.450. The molecule has 0 saturated carbocycles. The largest absolute Gasteiger partial charge is 0.425 e. The van der Waals surface area contributed by atoms with Crippen LogP contribution in [-0.2, 0) is 20.1 Å². The third-order valence-electron chi connectivity index (χ3n) is 4.76. The number of aryl methyl sites for hydroxylation is 2. The zero-order valence-corrected chi connectivity index (χ0v) is 17.2. The molecule has 0 aliphatic carbocycles. The van der Waals surface area contributed by atoms with Crippen LogP contribution in [0.4, 0.5) is 4.39 Å². The van der Waals surface area contributed by atoms with E-state index in [4.69, 9.17) is 4.74 Å². The topological polar surface area (TPSA) is 100 Å². The van der Waals surface area contributed by atoms with Gasteiger partial charge in [0.2, 0.25) is 0 Å². The first kappa shape index (κ1) is 21.4. The van der Waals surface area contributed by atoms with Crippen molar-refractivity contribution in [3.05, 3.63) is 55.8 Å². The fourth-order valence-electron chi connectivity index (χ4n) is 3.15. The van der Waals surface area contributed by atoms with E-state index in [1.54, 1.807) is 10.6 Å². The van der Waals surface area contributed by atoms with Crippen molar-refractivity contribution in [2.75, 3.05) is 6.54 Å². The molecule has 10 heteroatoms. The number of hydrogen-bond donors (Lipinski definition) is 0. The predicted octanol–water partition coefficient (Wildman–Crippen LogP) is 3.03. The first-order valence-electron chi connectivity index (χ1n) is 9.76. The summed E-state index contributed by atoms with van der Waals surface area (Å²) in [5.74, 6) is 0.118. The van der Waals surface area contributed by atoms with Gasteiger partial charge in [0, 0.05) is 26.2 Å². The van der Waals surface area contributed by atoms with Gasteiger partial charge in [-0.25, -0.2) is 9.18 Å². The number of nitrogens with zero attached hydrogens (tertiary/aromatic N) is 5. The number of halogens is 1. The maximum Gasteiger partial charge on any atom is 0.332 e. The van der Waals surface area contributed by atoms with E-state index in [1.807, 2.05) is 13.8 Å². The van der Waals surface area contributed by atoms with Gasteiger partial charge in [-0.3, -0.25) is 18.5 Å². The molecule has 1 aromatic carbocycles. The number of ether oxygens (including phenoxy) is 1. The lowest BCUT2D eigenvalue weighted by Gasteiger charge is -2.12. The van der Waals surface area contributed by atoms with Crippen molar-refractivity contribution >= 4 is 11.2 Å². The van der Waals surface area contributed by atoms with Gasteiger partial charge in [0.1, 0.15) is 11.6 Å². The van der Waals surface area contributed by atoms with Gasteiger partial charge in [0.25, 0.3) is 5.56 Å². The molecule has 2 aromatic heterocycles. The Kier molecular flexibility index (Phi) is 6.43. The summed E-state index contributed by atoms with van der Waals surface area (Å²) in [7, 11) is 1.52. The Labute approximate surface area is 171 Å². The Balaban J connectivity index is 2.18. The van der Waals surface area contributed by atoms with Crippen LogP contribution in [0, 0.1) is 16.6 Å². The van der Waals surface area contributed by atoms with Crippen LogP contribution in [0.1, 0.15) is 26.7 Å². The van der Waals surface area contributed by atoms with E-state index in [0.29, 0.717) is 12.5 Å². The highest BCUT2D eigenvalue weighted by Gasteiger charge is 2.21. The van der Waals surface area contributed by atoms with Crippen LogP contribution in [0.25, 0.3) is 11.2 Å². The molecule has 0 atom stereocenters. The molecule has 0 bridgehead atoms. The maximum absolute atomic E-state index is 13.6. The van der Waals surface area contributed by atoms with E-state index >= 15 is 0 Å². The summed E-state index contributed by atoms with van der Waals surface area (Å²) in [5, 5.41) is 2.78. The van der Waals surface area contributed by atoms with E-state index in [-0.39, 0.29) is 42.4 Å². The van der Waals surface area contributed by atoms with E-state index in [9.17, 15) is 18.9 Å². The number of aromatic nitrogens is 4. The Morgan fingerprint density at radius 1 is 1.20 bits per heavy atom. The van der Waals surface area contributed by atoms with Crippen LogP contribution < -0.4 is 16.0 Å². The number of rotatable bonds is 9. The molecule has 0 saturated heterocycles. The Morgan fingerprint density at radius 2 is 1.97 bits per heavy atom. The second-order valence-electron chi connectivity index (χ2n) is 7.46. The first-order chi connectivity index (χ1) is 14.3. The summed E-state index contributed by atoms with van der Waals surface area (Å²) >= 11 is 0. The minimum absolute atomic E-state index is 0.00811. The Hall–Kier alpha value is -3.30. The second kappa shape index (κ2) is 9.02. The summed E-state index contributed by atoms with van der Waals surface area (Å²) in [6.45, 7) is 4.61. The number of hydrogen-bond acceptors (Lipinski definition) is 6.